The van der Waals surface area contributed by atoms with Gasteiger partial charge in [0.2, 0.25) is 0 Å². The molecule has 1 aromatic carbocycles. The van der Waals surface area contributed by atoms with E-state index in [0.717, 1.165) is 31.2 Å². The second-order valence-corrected chi connectivity index (χ2v) is 6.16. The Balaban J connectivity index is 2.27. The zero-order chi connectivity index (χ0) is 12.6. The summed E-state index contributed by atoms with van der Waals surface area (Å²) in [5, 5.41) is 0. The van der Waals surface area contributed by atoms with Crippen LogP contribution in [0.4, 0.5) is 0 Å². The van der Waals surface area contributed by atoms with Crippen molar-refractivity contribution in [1.29, 1.82) is 0 Å². The zero-order valence-corrected chi connectivity index (χ0v) is 11.2. The number of benzene rings is 1. The van der Waals surface area contributed by atoms with Gasteiger partial charge < -0.3 is 9.42 Å². The lowest BCUT2D eigenvalue weighted by atomic mass is 10.2. The number of hydrogen-bond acceptors (Lipinski definition) is 2. The fraction of sp³-hybridized carbons (Fsp3) is 0.538. The molecule has 0 saturated carbocycles. The average Bonchev–Trinajstić information content (AvgIpc) is 2.34. The van der Waals surface area contributed by atoms with Crippen molar-refractivity contribution in [3.8, 4) is 0 Å². The second kappa shape index (κ2) is 7.65. The molecule has 0 amide bonds. The summed E-state index contributed by atoms with van der Waals surface area (Å²) in [4.78, 5) is 9.61. The van der Waals surface area contributed by atoms with Crippen LogP contribution >= 0.6 is 7.60 Å². The highest BCUT2D eigenvalue weighted by Gasteiger charge is 2.18. The topological polar surface area (TPSA) is 46.5 Å². The van der Waals surface area contributed by atoms with Crippen molar-refractivity contribution in [3.63, 3.8) is 0 Å². The zero-order valence-electron chi connectivity index (χ0n) is 10.3. The maximum atomic E-state index is 11.7. The third kappa shape index (κ3) is 6.62. The summed E-state index contributed by atoms with van der Waals surface area (Å²) >= 11 is 0. The number of hydrogen-bond donors (Lipinski definition) is 1. The van der Waals surface area contributed by atoms with Crippen LogP contribution in [0.1, 0.15) is 38.2 Å². The van der Waals surface area contributed by atoms with E-state index in [2.05, 4.69) is 6.92 Å². The first-order valence-corrected chi connectivity index (χ1v) is 7.90. The molecular formula is C13H21O3P. The molecule has 4 heteroatoms. The third-order valence-corrected chi connectivity index (χ3v) is 3.98. The van der Waals surface area contributed by atoms with Crippen molar-refractivity contribution in [2.24, 2.45) is 0 Å². The predicted molar refractivity (Wildman–Crippen MR) is 70.1 cm³/mol. The fourth-order valence-corrected chi connectivity index (χ4v) is 2.66. The lowest BCUT2D eigenvalue weighted by Crippen LogP contribution is -1.96. The van der Waals surface area contributed by atoms with Crippen molar-refractivity contribution >= 4 is 7.60 Å². The average molecular weight is 256 g/mol. The standard InChI is InChI=1S/C13H21O3P/c1-2-3-4-8-11-17(14,15)16-12-13-9-6-5-7-10-13/h5-7,9-10H,2-4,8,11-12H2,1H3,(H,14,15). The van der Waals surface area contributed by atoms with Gasteiger partial charge in [0.25, 0.3) is 0 Å². The van der Waals surface area contributed by atoms with Crippen LogP contribution in [-0.2, 0) is 15.7 Å². The van der Waals surface area contributed by atoms with Crippen molar-refractivity contribution in [2.45, 2.75) is 39.2 Å². The monoisotopic (exact) mass is 256 g/mol. The van der Waals surface area contributed by atoms with Gasteiger partial charge in [-0.25, -0.2) is 0 Å². The van der Waals surface area contributed by atoms with E-state index in [0.29, 0.717) is 0 Å². The molecular weight excluding hydrogens is 235 g/mol. The SMILES string of the molecule is CCCCCCP(=O)(O)OCc1ccccc1. The molecule has 0 saturated heterocycles. The molecule has 1 aromatic rings. The molecule has 0 aromatic heterocycles. The first-order chi connectivity index (χ1) is 8.14. The van der Waals surface area contributed by atoms with Gasteiger partial charge in [-0.2, -0.15) is 0 Å². The molecule has 0 aliphatic carbocycles. The van der Waals surface area contributed by atoms with E-state index in [1.54, 1.807) is 0 Å². The molecule has 0 heterocycles. The van der Waals surface area contributed by atoms with E-state index in [9.17, 15) is 9.46 Å². The smallest absolute Gasteiger partial charge is 0.324 e. The minimum atomic E-state index is -3.40. The maximum Gasteiger partial charge on any atom is 0.328 e. The summed E-state index contributed by atoms with van der Waals surface area (Å²) in [5.41, 5.74) is 0.926. The normalized spacial score (nSPS) is 14.5. The van der Waals surface area contributed by atoms with E-state index >= 15 is 0 Å². The molecule has 1 unspecified atom stereocenters. The third-order valence-electron chi connectivity index (χ3n) is 2.57. The molecule has 0 fully saturated rings. The molecule has 0 radical (unpaired) electrons. The fourth-order valence-electron chi connectivity index (χ4n) is 1.55. The van der Waals surface area contributed by atoms with E-state index in [1.807, 2.05) is 30.3 Å². The van der Waals surface area contributed by atoms with Gasteiger partial charge in [-0.05, 0) is 12.0 Å². The first kappa shape index (κ1) is 14.4. The molecule has 0 aliphatic heterocycles. The molecule has 0 spiro atoms. The Morgan fingerprint density at radius 2 is 1.88 bits per heavy atom. The number of unbranched alkanes of at least 4 members (excludes halogenated alkanes) is 3. The van der Waals surface area contributed by atoms with E-state index in [4.69, 9.17) is 4.52 Å². The van der Waals surface area contributed by atoms with Gasteiger partial charge in [0, 0.05) is 6.16 Å². The Morgan fingerprint density at radius 3 is 2.53 bits per heavy atom. The Morgan fingerprint density at radius 1 is 1.18 bits per heavy atom. The minimum Gasteiger partial charge on any atom is -0.324 e. The van der Waals surface area contributed by atoms with Crippen LogP contribution in [0.2, 0.25) is 0 Å². The highest BCUT2D eigenvalue weighted by Crippen LogP contribution is 2.43. The van der Waals surface area contributed by atoms with Gasteiger partial charge in [0.15, 0.2) is 0 Å². The summed E-state index contributed by atoms with van der Waals surface area (Å²) < 4.78 is 16.8. The Bertz CT molecular complexity index is 351. The highest BCUT2D eigenvalue weighted by molar-refractivity contribution is 7.52. The van der Waals surface area contributed by atoms with Gasteiger partial charge in [0.1, 0.15) is 0 Å². The van der Waals surface area contributed by atoms with E-state index in [1.165, 1.54) is 0 Å². The Kier molecular flexibility index (Phi) is 6.49. The predicted octanol–water partition coefficient (Wildman–Crippen LogP) is 3.97. The minimum absolute atomic E-state index is 0.211. The van der Waals surface area contributed by atoms with Gasteiger partial charge in [-0.15, -0.1) is 0 Å². The largest absolute Gasteiger partial charge is 0.328 e. The van der Waals surface area contributed by atoms with E-state index < -0.39 is 7.60 Å². The lowest BCUT2D eigenvalue weighted by molar-refractivity contribution is 0.249. The number of rotatable bonds is 8. The van der Waals surface area contributed by atoms with Gasteiger partial charge >= 0.3 is 7.60 Å². The van der Waals surface area contributed by atoms with Crippen molar-refractivity contribution in [2.75, 3.05) is 6.16 Å². The van der Waals surface area contributed by atoms with Crippen LogP contribution in [0, 0.1) is 0 Å². The molecule has 1 atom stereocenters. The van der Waals surface area contributed by atoms with E-state index in [-0.39, 0.29) is 12.8 Å². The lowest BCUT2D eigenvalue weighted by Gasteiger charge is -2.11. The first-order valence-electron chi connectivity index (χ1n) is 6.14. The molecule has 0 bridgehead atoms. The molecule has 0 aliphatic rings. The summed E-state index contributed by atoms with van der Waals surface area (Å²) in [6.07, 6.45) is 4.26. The van der Waals surface area contributed by atoms with Gasteiger partial charge in [-0.1, -0.05) is 56.5 Å². The Labute approximate surface area is 103 Å². The molecule has 1 N–H and O–H groups in total. The van der Waals surface area contributed by atoms with Crippen molar-refractivity contribution < 1.29 is 14.0 Å². The van der Waals surface area contributed by atoms with Gasteiger partial charge in [0.05, 0.1) is 6.61 Å². The Hall–Kier alpha value is -0.630. The van der Waals surface area contributed by atoms with Crippen LogP contribution in [0.15, 0.2) is 30.3 Å². The molecule has 1 rings (SSSR count). The summed E-state index contributed by atoms with van der Waals surface area (Å²) in [6, 6.07) is 9.46. The summed E-state index contributed by atoms with van der Waals surface area (Å²) in [5.74, 6) is 0. The summed E-state index contributed by atoms with van der Waals surface area (Å²) in [7, 11) is -3.40. The van der Waals surface area contributed by atoms with Crippen LogP contribution in [0.25, 0.3) is 0 Å². The molecule has 96 valence electrons. The highest BCUT2D eigenvalue weighted by atomic mass is 31.2. The van der Waals surface area contributed by atoms with Crippen LogP contribution in [-0.4, -0.2) is 11.1 Å². The second-order valence-electron chi connectivity index (χ2n) is 4.18. The van der Waals surface area contributed by atoms with Crippen LogP contribution in [0.5, 0.6) is 0 Å². The molecule has 3 nitrogen and oxygen atoms in total. The summed E-state index contributed by atoms with van der Waals surface area (Å²) in [6.45, 7) is 2.33. The van der Waals surface area contributed by atoms with Crippen molar-refractivity contribution in [1.82, 2.24) is 0 Å². The molecule has 17 heavy (non-hydrogen) atoms. The quantitative estimate of drug-likeness (QED) is 0.565. The van der Waals surface area contributed by atoms with Crippen LogP contribution < -0.4 is 0 Å². The van der Waals surface area contributed by atoms with Crippen molar-refractivity contribution in [3.05, 3.63) is 35.9 Å². The maximum absolute atomic E-state index is 11.7. The van der Waals surface area contributed by atoms with Crippen LogP contribution in [0.3, 0.4) is 0 Å². The van der Waals surface area contributed by atoms with Gasteiger partial charge in [-0.3, -0.25) is 4.57 Å².